The van der Waals surface area contributed by atoms with Gasteiger partial charge in [0.05, 0.1) is 16.8 Å². The molecular formula is C26H26FN3O2. The van der Waals surface area contributed by atoms with Crippen molar-refractivity contribution in [2.45, 2.75) is 27.2 Å². The summed E-state index contributed by atoms with van der Waals surface area (Å²) in [7, 11) is 0. The van der Waals surface area contributed by atoms with Crippen molar-refractivity contribution < 1.29 is 14.0 Å². The average molecular weight is 432 g/mol. The lowest BCUT2D eigenvalue weighted by Gasteiger charge is -2.20. The molecule has 0 spiro atoms. The SMILES string of the molecule is CCCN(CC)C(=O)c1cc(C)[nH]c1/C=C1\C(=O)Nc2cccc(-c3cccc(F)c3)c21. The fourth-order valence-electron chi connectivity index (χ4n) is 4.17. The molecule has 0 atom stereocenters. The van der Waals surface area contributed by atoms with Crippen LogP contribution in [0.5, 0.6) is 0 Å². The summed E-state index contributed by atoms with van der Waals surface area (Å²) in [4.78, 5) is 31.1. The van der Waals surface area contributed by atoms with Crippen molar-refractivity contribution in [2.75, 3.05) is 18.4 Å². The van der Waals surface area contributed by atoms with Crippen LogP contribution < -0.4 is 5.32 Å². The zero-order valence-electron chi connectivity index (χ0n) is 18.5. The number of carbonyl (C=O) groups excluding carboxylic acids is 2. The van der Waals surface area contributed by atoms with E-state index in [1.807, 2.05) is 51.1 Å². The highest BCUT2D eigenvalue weighted by molar-refractivity contribution is 6.36. The van der Waals surface area contributed by atoms with E-state index in [-0.39, 0.29) is 17.6 Å². The average Bonchev–Trinajstić information content (AvgIpc) is 3.30. The molecule has 0 aliphatic carbocycles. The van der Waals surface area contributed by atoms with Crippen LogP contribution in [0.3, 0.4) is 0 Å². The van der Waals surface area contributed by atoms with Crippen LogP contribution in [-0.2, 0) is 4.79 Å². The molecule has 1 aliphatic heterocycles. The summed E-state index contributed by atoms with van der Waals surface area (Å²) in [6, 6.07) is 13.7. The van der Waals surface area contributed by atoms with Crippen molar-refractivity contribution in [3.8, 4) is 11.1 Å². The number of rotatable bonds is 6. The number of benzene rings is 2. The third-order valence-electron chi connectivity index (χ3n) is 5.63. The summed E-state index contributed by atoms with van der Waals surface area (Å²) < 4.78 is 13.9. The van der Waals surface area contributed by atoms with Crippen LogP contribution in [-0.4, -0.2) is 34.8 Å². The van der Waals surface area contributed by atoms with E-state index in [1.54, 1.807) is 17.0 Å². The van der Waals surface area contributed by atoms with Gasteiger partial charge in [-0.05, 0) is 61.7 Å². The molecule has 0 fully saturated rings. The van der Waals surface area contributed by atoms with Gasteiger partial charge in [0.25, 0.3) is 11.8 Å². The number of aromatic nitrogens is 1. The highest BCUT2D eigenvalue weighted by atomic mass is 19.1. The Morgan fingerprint density at radius 2 is 1.91 bits per heavy atom. The van der Waals surface area contributed by atoms with Gasteiger partial charge in [0, 0.05) is 30.0 Å². The van der Waals surface area contributed by atoms with Crippen molar-refractivity contribution in [3.05, 3.63) is 76.9 Å². The summed E-state index contributed by atoms with van der Waals surface area (Å²) in [5.74, 6) is -0.663. The third-order valence-corrected chi connectivity index (χ3v) is 5.63. The van der Waals surface area contributed by atoms with Crippen LogP contribution in [0.25, 0.3) is 22.8 Å². The van der Waals surface area contributed by atoms with E-state index in [2.05, 4.69) is 10.3 Å². The van der Waals surface area contributed by atoms with Gasteiger partial charge in [-0.2, -0.15) is 0 Å². The smallest absolute Gasteiger partial charge is 0.256 e. The van der Waals surface area contributed by atoms with Crippen LogP contribution in [0.2, 0.25) is 0 Å². The van der Waals surface area contributed by atoms with E-state index in [9.17, 15) is 14.0 Å². The highest BCUT2D eigenvalue weighted by Gasteiger charge is 2.28. The molecular weight excluding hydrogens is 405 g/mol. The first-order valence-corrected chi connectivity index (χ1v) is 10.8. The Morgan fingerprint density at radius 1 is 1.12 bits per heavy atom. The van der Waals surface area contributed by atoms with Crippen LogP contribution in [0, 0.1) is 12.7 Å². The van der Waals surface area contributed by atoms with Gasteiger partial charge in [0.1, 0.15) is 5.82 Å². The number of amides is 2. The number of aromatic amines is 1. The quantitative estimate of drug-likeness (QED) is 0.507. The molecule has 2 amide bonds. The van der Waals surface area contributed by atoms with E-state index >= 15 is 0 Å². The second-order valence-electron chi connectivity index (χ2n) is 7.92. The Kier molecular flexibility index (Phi) is 5.95. The van der Waals surface area contributed by atoms with Gasteiger partial charge < -0.3 is 15.2 Å². The van der Waals surface area contributed by atoms with Crippen LogP contribution in [0.4, 0.5) is 10.1 Å². The number of nitrogens with zero attached hydrogens (tertiary/aromatic N) is 1. The number of halogens is 1. The molecule has 1 aliphatic rings. The molecule has 164 valence electrons. The summed E-state index contributed by atoms with van der Waals surface area (Å²) >= 11 is 0. The van der Waals surface area contributed by atoms with E-state index in [0.29, 0.717) is 46.7 Å². The number of carbonyl (C=O) groups is 2. The first-order valence-electron chi connectivity index (χ1n) is 10.8. The zero-order chi connectivity index (χ0) is 22.8. The summed E-state index contributed by atoms with van der Waals surface area (Å²) in [5, 5.41) is 2.89. The lowest BCUT2D eigenvalue weighted by Crippen LogP contribution is -2.31. The first kappa shape index (κ1) is 21.6. The molecule has 0 saturated heterocycles. The van der Waals surface area contributed by atoms with E-state index in [0.717, 1.165) is 17.7 Å². The second kappa shape index (κ2) is 8.83. The fraction of sp³-hybridized carbons (Fsp3) is 0.231. The fourth-order valence-corrected chi connectivity index (χ4v) is 4.17. The van der Waals surface area contributed by atoms with Crippen molar-refractivity contribution >= 4 is 29.2 Å². The molecule has 2 N–H and O–H groups in total. The number of nitrogens with one attached hydrogen (secondary N) is 2. The molecule has 2 aromatic carbocycles. The number of anilines is 1. The minimum atomic E-state index is -0.341. The normalized spacial score (nSPS) is 13.9. The predicted octanol–water partition coefficient (Wildman–Crippen LogP) is 5.49. The van der Waals surface area contributed by atoms with Crippen molar-refractivity contribution in [2.24, 2.45) is 0 Å². The predicted molar refractivity (Wildman–Crippen MR) is 126 cm³/mol. The highest BCUT2D eigenvalue weighted by Crippen LogP contribution is 2.40. The molecule has 0 bridgehead atoms. The maximum atomic E-state index is 13.9. The van der Waals surface area contributed by atoms with Crippen molar-refractivity contribution in [3.63, 3.8) is 0 Å². The molecule has 4 rings (SSSR count). The van der Waals surface area contributed by atoms with Crippen LogP contribution in [0.15, 0.2) is 48.5 Å². The van der Waals surface area contributed by atoms with E-state index < -0.39 is 0 Å². The summed E-state index contributed by atoms with van der Waals surface area (Å²) in [6.45, 7) is 7.16. The number of hydrogen-bond donors (Lipinski definition) is 2. The number of aryl methyl sites for hydroxylation is 1. The summed E-state index contributed by atoms with van der Waals surface area (Å²) in [5.41, 5.74) is 5.21. The van der Waals surface area contributed by atoms with Gasteiger partial charge in [-0.3, -0.25) is 9.59 Å². The topological polar surface area (TPSA) is 65.2 Å². The Labute approximate surface area is 187 Å². The third kappa shape index (κ3) is 3.96. The number of fused-ring (bicyclic) bond motifs is 1. The lowest BCUT2D eigenvalue weighted by molar-refractivity contribution is -0.110. The Morgan fingerprint density at radius 3 is 2.62 bits per heavy atom. The zero-order valence-corrected chi connectivity index (χ0v) is 18.5. The van der Waals surface area contributed by atoms with Gasteiger partial charge in [0.15, 0.2) is 0 Å². The Bertz CT molecular complexity index is 1230. The molecule has 5 nitrogen and oxygen atoms in total. The van der Waals surface area contributed by atoms with Gasteiger partial charge in [-0.15, -0.1) is 0 Å². The van der Waals surface area contributed by atoms with Crippen LogP contribution >= 0.6 is 0 Å². The Hall–Kier alpha value is -3.67. The first-order chi connectivity index (χ1) is 15.4. The number of H-pyrrole nitrogens is 1. The molecule has 0 radical (unpaired) electrons. The van der Waals surface area contributed by atoms with Crippen molar-refractivity contribution in [1.29, 1.82) is 0 Å². The summed E-state index contributed by atoms with van der Waals surface area (Å²) in [6.07, 6.45) is 2.59. The molecule has 6 heteroatoms. The number of hydrogen-bond acceptors (Lipinski definition) is 2. The second-order valence-corrected chi connectivity index (χ2v) is 7.92. The van der Waals surface area contributed by atoms with E-state index in [1.165, 1.54) is 12.1 Å². The van der Waals surface area contributed by atoms with E-state index in [4.69, 9.17) is 0 Å². The molecule has 2 heterocycles. The monoisotopic (exact) mass is 431 g/mol. The van der Waals surface area contributed by atoms with Gasteiger partial charge in [0.2, 0.25) is 0 Å². The van der Waals surface area contributed by atoms with Gasteiger partial charge in [-0.1, -0.05) is 31.2 Å². The molecule has 32 heavy (non-hydrogen) atoms. The Balaban J connectivity index is 1.84. The molecule has 3 aromatic rings. The van der Waals surface area contributed by atoms with Gasteiger partial charge in [-0.25, -0.2) is 4.39 Å². The minimum absolute atomic E-state index is 0.0670. The van der Waals surface area contributed by atoms with Crippen molar-refractivity contribution in [1.82, 2.24) is 9.88 Å². The molecule has 0 unspecified atom stereocenters. The lowest BCUT2D eigenvalue weighted by atomic mass is 9.94. The van der Waals surface area contributed by atoms with Gasteiger partial charge >= 0.3 is 0 Å². The largest absolute Gasteiger partial charge is 0.358 e. The van der Waals surface area contributed by atoms with Crippen LogP contribution in [0.1, 0.15) is 47.6 Å². The molecule has 1 aromatic heterocycles. The molecule has 0 saturated carbocycles. The maximum absolute atomic E-state index is 13.9. The standard InChI is InChI=1S/C26H26FN3O2/c1-4-12-30(5-2)26(32)20-13-16(3)28-23(20)15-21-24-19(17-8-6-9-18(27)14-17)10-7-11-22(24)29-25(21)31/h6-11,13-15,28H,4-5,12H2,1-3H3,(H,29,31)/b21-15-. The minimum Gasteiger partial charge on any atom is -0.358 e. The maximum Gasteiger partial charge on any atom is 0.256 e.